The van der Waals surface area contributed by atoms with Gasteiger partial charge in [-0.25, -0.2) is 4.79 Å². The highest BCUT2D eigenvalue weighted by Gasteiger charge is 2.45. The molecule has 2 aliphatic rings. The maximum Gasteiger partial charge on any atom is 0.335 e. The summed E-state index contributed by atoms with van der Waals surface area (Å²) in [6.45, 7) is 8.93. The average molecular weight is 487 g/mol. The zero-order chi connectivity index (χ0) is 22.6. The van der Waals surface area contributed by atoms with Gasteiger partial charge in [0.2, 0.25) is 0 Å². The molecule has 1 fully saturated rings. The molecular weight excluding hydrogens is 452 g/mol. The van der Waals surface area contributed by atoms with Crippen molar-refractivity contribution in [3.8, 4) is 5.75 Å². The molecule has 1 aromatic carbocycles. The minimum absolute atomic E-state index is 0.0883. The molecule has 3 rings (SSSR count). The summed E-state index contributed by atoms with van der Waals surface area (Å²) in [6.07, 6.45) is 14.0. The molecule has 3 unspecified atom stereocenters. The Morgan fingerprint density at radius 1 is 1.26 bits per heavy atom. The van der Waals surface area contributed by atoms with Gasteiger partial charge in [0.05, 0.1) is 11.8 Å². The van der Waals surface area contributed by atoms with Crippen LogP contribution in [0.25, 0.3) is 0 Å². The van der Waals surface area contributed by atoms with E-state index in [2.05, 4.69) is 55.8 Å². The summed E-state index contributed by atoms with van der Waals surface area (Å²) in [7, 11) is 0. The third kappa shape index (κ3) is 5.71. The van der Waals surface area contributed by atoms with Crippen molar-refractivity contribution in [2.24, 2.45) is 11.3 Å². The summed E-state index contributed by atoms with van der Waals surface area (Å²) in [6, 6.07) is 5.22. The third-order valence-electron chi connectivity index (χ3n) is 6.98. The highest BCUT2D eigenvalue weighted by molar-refractivity contribution is 9.09. The number of carboxylic acids is 1. The van der Waals surface area contributed by atoms with Crippen LogP contribution < -0.4 is 4.74 Å². The highest BCUT2D eigenvalue weighted by Crippen LogP contribution is 2.53. The second-order valence-corrected chi connectivity index (χ2v) is 10.7. The molecule has 1 aliphatic carbocycles. The van der Waals surface area contributed by atoms with E-state index >= 15 is 0 Å². The molecule has 168 valence electrons. The van der Waals surface area contributed by atoms with Crippen molar-refractivity contribution in [2.45, 2.75) is 77.5 Å². The van der Waals surface area contributed by atoms with E-state index in [4.69, 9.17) is 4.74 Å². The number of hydrogen-bond acceptors (Lipinski definition) is 2. The molecule has 0 spiro atoms. The standard InChI is InChI=1S/C27H35BrO3/c1-18(2)7-5-8-19(3)9-6-14-27(4)23-16-22-15-20(26(29)30)10-12-24(22)31-17-21(23)11-13-25(27)28/h7,9-10,12,15,17,23,25H,5-6,8,11,13-14,16H2,1-4H3,(H,29,30). The van der Waals surface area contributed by atoms with E-state index in [0.717, 1.165) is 56.3 Å². The van der Waals surface area contributed by atoms with Crippen LogP contribution in [0.4, 0.5) is 0 Å². The molecule has 31 heavy (non-hydrogen) atoms. The number of aromatic carboxylic acids is 1. The van der Waals surface area contributed by atoms with E-state index in [1.54, 1.807) is 18.2 Å². The number of benzene rings is 1. The lowest BCUT2D eigenvalue weighted by atomic mass is 9.61. The van der Waals surface area contributed by atoms with Crippen LogP contribution >= 0.6 is 15.9 Å². The molecule has 1 N–H and O–H groups in total. The van der Waals surface area contributed by atoms with Crippen molar-refractivity contribution in [2.75, 3.05) is 0 Å². The number of carbonyl (C=O) groups is 1. The molecule has 1 heterocycles. The normalized spacial score (nSPS) is 25.5. The summed E-state index contributed by atoms with van der Waals surface area (Å²) >= 11 is 4.01. The van der Waals surface area contributed by atoms with Crippen LogP contribution in [0.5, 0.6) is 5.75 Å². The van der Waals surface area contributed by atoms with Gasteiger partial charge in [0.25, 0.3) is 0 Å². The van der Waals surface area contributed by atoms with Gasteiger partial charge in [-0.2, -0.15) is 0 Å². The van der Waals surface area contributed by atoms with Crippen molar-refractivity contribution in [1.29, 1.82) is 0 Å². The smallest absolute Gasteiger partial charge is 0.335 e. The van der Waals surface area contributed by atoms with E-state index in [1.165, 1.54) is 16.7 Å². The van der Waals surface area contributed by atoms with Gasteiger partial charge in [0, 0.05) is 4.83 Å². The first-order valence-corrected chi connectivity index (χ1v) is 12.3. The molecule has 0 aromatic heterocycles. The fraction of sp³-hybridized carbons (Fsp3) is 0.519. The van der Waals surface area contributed by atoms with Crippen LogP contribution in [0.3, 0.4) is 0 Å². The first kappa shape index (κ1) is 23.8. The number of rotatable bonds is 7. The first-order valence-electron chi connectivity index (χ1n) is 11.4. The van der Waals surface area contributed by atoms with Gasteiger partial charge in [0.15, 0.2) is 0 Å². The number of ether oxygens (including phenoxy) is 1. The summed E-state index contributed by atoms with van der Waals surface area (Å²) in [5, 5.41) is 9.42. The molecule has 0 amide bonds. The predicted molar refractivity (Wildman–Crippen MR) is 131 cm³/mol. The fourth-order valence-electron chi connectivity index (χ4n) is 4.94. The lowest BCUT2D eigenvalue weighted by molar-refractivity contribution is 0.0696. The summed E-state index contributed by atoms with van der Waals surface area (Å²) < 4.78 is 6.00. The zero-order valence-electron chi connectivity index (χ0n) is 19.2. The maximum atomic E-state index is 11.5. The van der Waals surface area contributed by atoms with Gasteiger partial charge in [0.1, 0.15) is 5.75 Å². The second kappa shape index (κ2) is 10.2. The predicted octanol–water partition coefficient (Wildman–Crippen LogP) is 7.86. The van der Waals surface area contributed by atoms with E-state index in [-0.39, 0.29) is 5.41 Å². The lowest BCUT2D eigenvalue weighted by Crippen LogP contribution is -2.41. The number of hydrogen-bond donors (Lipinski definition) is 1. The Balaban J connectivity index is 1.78. The SMILES string of the molecule is CC(C)=CCCC(C)=CCCC1(C)C(Br)CCC2=COc3ccc(C(=O)O)cc3CC21. The zero-order valence-corrected chi connectivity index (χ0v) is 20.8. The first-order chi connectivity index (χ1) is 14.7. The molecule has 3 nitrogen and oxygen atoms in total. The van der Waals surface area contributed by atoms with Gasteiger partial charge in [-0.15, -0.1) is 0 Å². The molecule has 4 heteroatoms. The van der Waals surface area contributed by atoms with Gasteiger partial charge in [-0.1, -0.05) is 46.2 Å². The van der Waals surface area contributed by atoms with Crippen LogP contribution in [-0.4, -0.2) is 15.9 Å². The summed E-state index contributed by atoms with van der Waals surface area (Å²) in [5.74, 6) is 0.240. The van der Waals surface area contributed by atoms with Crippen molar-refractivity contribution in [3.63, 3.8) is 0 Å². The number of carboxylic acid groups (broad SMARTS) is 1. The molecule has 3 atom stereocenters. The largest absolute Gasteiger partial charge is 0.478 e. The van der Waals surface area contributed by atoms with Gasteiger partial charge in [-0.05, 0) is 106 Å². The summed E-state index contributed by atoms with van der Waals surface area (Å²) in [5.41, 5.74) is 5.61. The third-order valence-corrected chi connectivity index (χ3v) is 8.49. The number of halogens is 1. The Morgan fingerprint density at radius 3 is 2.74 bits per heavy atom. The topological polar surface area (TPSA) is 46.5 Å². The van der Waals surface area contributed by atoms with Crippen molar-refractivity contribution in [1.82, 2.24) is 0 Å². The lowest BCUT2D eigenvalue weighted by Gasteiger charge is -2.46. The van der Waals surface area contributed by atoms with Crippen LogP contribution in [0.2, 0.25) is 0 Å². The van der Waals surface area contributed by atoms with Crippen LogP contribution in [0.1, 0.15) is 82.1 Å². The van der Waals surface area contributed by atoms with Crippen LogP contribution in [0.15, 0.2) is 53.3 Å². The maximum absolute atomic E-state index is 11.5. The van der Waals surface area contributed by atoms with Gasteiger partial charge >= 0.3 is 5.97 Å². The molecule has 0 radical (unpaired) electrons. The molecule has 1 saturated carbocycles. The Labute approximate surface area is 195 Å². The van der Waals surface area contributed by atoms with E-state index < -0.39 is 5.97 Å². The molecule has 0 bridgehead atoms. The average Bonchev–Trinajstić information content (AvgIpc) is 2.90. The number of allylic oxidation sites excluding steroid dienone is 5. The Kier molecular flexibility index (Phi) is 7.85. The number of alkyl halides is 1. The molecule has 1 aromatic rings. The van der Waals surface area contributed by atoms with Crippen molar-refractivity contribution in [3.05, 3.63) is 64.5 Å². The van der Waals surface area contributed by atoms with Gasteiger partial charge < -0.3 is 9.84 Å². The second-order valence-electron chi connectivity index (χ2n) is 9.62. The van der Waals surface area contributed by atoms with Crippen LogP contribution in [-0.2, 0) is 6.42 Å². The monoisotopic (exact) mass is 486 g/mol. The van der Waals surface area contributed by atoms with Gasteiger partial charge in [-0.3, -0.25) is 0 Å². The molecular formula is C27H35BrO3. The van der Waals surface area contributed by atoms with Crippen molar-refractivity contribution >= 4 is 21.9 Å². The number of fused-ring (bicyclic) bond motifs is 2. The Hall–Kier alpha value is -1.81. The van der Waals surface area contributed by atoms with E-state index in [1.807, 2.05) is 6.26 Å². The molecule has 0 saturated heterocycles. The minimum atomic E-state index is -0.890. The quantitative estimate of drug-likeness (QED) is 0.315. The molecule has 1 aliphatic heterocycles. The van der Waals surface area contributed by atoms with E-state index in [0.29, 0.717) is 16.3 Å². The fourth-order valence-corrected chi connectivity index (χ4v) is 5.72. The minimum Gasteiger partial charge on any atom is -0.478 e. The van der Waals surface area contributed by atoms with Crippen molar-refractivity contribution < 1.29 is 14.6 Å². The van der Waals surface area contributed by atoms with E-state index in [9.17, 15) is 9.90 Å². The Bertz CT molecular complexity index is 907. The highest BCUT2D eigenvalue weighted by atomic mass is 79.9. The van der Waals surface area contributed by atoms with Crippen LogP contribution in [0, 0.1) is 11.3 Å². The Morgan fingerprint density at radius 2 is 2.03 bits per heavy atom. The summed E-state index contributed by atoms with van der Waals surface area (Å²) in [4.78, 5) is 11.9.